The normalized spacial score (nSPS) is 16.5. The zero-order valence-corrected chi connectivity index (χ0v) is 23.4. The van der Waals surface area contributed by atoms with Crippen molar-refractivity contribution in [2.75, 3.05) is 18.5 Å². The fraction of sp³-hybridized carbons (Fsp3) is 0.321. The SMILES string of the molecule is CCOC(=O)C1SC(Nc2nc(CCNC(=O)OCc3ccccc3)cn3c(-c4cnn(C)c4)cnc23)=CC1C. The summed E-state index contributed by atoms with van der Waals surface area (Å²) in [5.74, 6) is 0.321. The number of amides is 1. The van der Waals surface area contributed by atoms with Gasteiger partial charge in [0.05, 0.1) is 35.4 Å². The van der Waals surface area contributed by atoms with Gasteiger partial charge >= 0.3 is 12.1 Å². The van der Waals surface area contributed by atoms with E-state index < -0.39 is 6.09 Å². The molecule has 0 saturated heterocycles. The predicted octanol–water partition coefficient (Wildman–Crippen LogP) is 4.17. The number of allylic oxidation sites excluding steroid dienone is 1. The minimum atomic E-state index is -0.492. The molecule has 12 heteroatoms. The van der Waals surface area contributed by atoms with E-state index >= 15 is 0 Å². The van der Waals surface area contributed by atoms with Crippen molar-refractivity contribution in [1.82, 2.24) is 29.5 Å². The number of esters is 1. The summed E-state index contributed by atoms with van der Waals surface area (Å²) in [4.78, 5) is 34.1. The Kier molecular flexibility index (Phi) is 8.34. The molecule has 2 unspecified atom stereocenters. The van der Waals surface area contributed by atoms with Crippen LogP contribution in [0.3, 0.4) is 0 Å². The molecule has 2 atom stereocenters. The maximum absolute atomic E-state index is 12.4. The van der Waals surface area contributed by atoms with Crippen LogP contribution in [0.4, 0.5) is 10.6 Å². The van der Waals surface area contributed by atoms with Crippen LogP contribution in [0.5, 0.6) is 0 Å². The Morgan fingerprint density at radius 1 is 1.12 bits per heavy atom. The van der Waals surface area contributed by atoms with E-state index in [-0.39, 0.29) is 23.7 Å². The lowest BCUT2D eigenvalue weighted by molar-refractivity contribution is -0.142. The molecule has 5 rings (SSSR count). The van der Waals surface area contributed by atoms with Crippen LogP contribution in [0.25, 0.3) is 16.9 Å². The molecule has 0 aliphatic carbocycles. The van der Waals surface area contributed by atoms with Gasteiger partial charge in [-0.05, 0) is 24.5 Å². The maximum Gasteiger partial charge on any atom is 0.407 e. The molecule has 1 aromatic carbocycles. The number of ether oxygens (including phenoxy) is 2. The molecule has 0 radical (unpaired) electrons. The van der Waals surface area contributed by atoms with Gasteiger partial charge in [-0.3, -0.25) is 13.9 Å². The standard InChI is InChI=1S/C28H31N7O4S/c1-4-38-27(36)24-18(2)12-23(40-24)33-25-26-30-14-22(20-13-31-34(3)15-20)35(26)16-21(32-25)10-11-29-28(37)39-17-19-8-6-5-7-9-19/h5-9,12-16,18,24H,4,10-11,17H2,1-3H3,(H,29,37)(H,32,33). The minimum absolute atomic E-state index is 0.00236. The van der Waals surface area contributed by atoms with Gasteiger partial charge in [0.1, 0.15) is 11.9 Å². The van der Waals surface area contributed by atoms with Gasteiger partial charge in [0.2, 0.25) is 0 Å². The Bertz CT molecular complexity index is 1530. The highest BCUT2D eigenvalue weighted by atomic mass is 32.2. The number of aromatic nitrogens is 5. The van der Waals surface area contributed by atoms with Crippen LogP contribution in [0, 0.1) is 5.92 Å². The van der Waals surface area contributed by atoms with Gasteiger partial charge in [0.25, 0.3) is 0 Å². The largest absolute Gasteiger partial charge is 0.465 e. The highest BCUT2D eigenvalue weighted by Crippen LogP contribution is 2.38. The van der Waals surface area contributed by atoms with E-state index in [4.69, 9.17) is 14.5 Å². The van der Waals surface area contributed by atoms with Gasteiger partial charge < -0.3 is 20.1 Å². The molecule has 1 amide bonds. The van der Waals surface area contributed by atoms with Crippen LogP contribution >= 0.6 is 11.8 Å². The number of hydrogen-bond donors (Lipinski definition) is 2. The molecule has 0 spiro atoms. The summed E-state index contributed by atoms with van der Waals surface area (Å²) in [6, 6.07) is 9.52. The molecule has 208 valence electrons. The van der Waals surface area contributed by atoms with Crippen LogP contribution in [0.2, 0.25) is 0 Å². The average Bonchev–Trinajstić information content (AvgIpc) is 3.66. The van der Waals surface area contributed by atoms with Crippen molar-refractivity contribution in [2.45, 2.75) is 32.1 Å². The molecule has 3 aromatic heterocycles. The van der Waals surface area contributed by atoms with E-state index in [0.29, 0.717) is 31.0 Å². The molecule has 0 bridgehead atoms. The number of benzene rings is 1. The van der Waals surface area contributed by atoms with E-state index in [1.54, 1.807) is 24.0 Å². The lowest BCUT2D eigenvalue weighted by Gasteiger charge is -2.14. The molecule has 11 nitrogen and oxygen atoms in total. The summed E-state index contributed by atoms with van der Waals surface area (Å²) < 4.78 is 14.2. The first-order chi connectivity index (χ1) is 19.4. The number of nitrogens with zero attached hydrogens (tertiary/aromatic N) is 5. The highest BCUT2D eigenvalue weighted by molar-refractivity contribution is 8.04. The summed E-state index contributed by atoms with van der Waals surface area (Å²) in [7, 11) is 1.86. The monoisotopic (exact) mass is 561 g/mol. The van der Waals surface area contributed by atoms with E-state index in [0.717, 1.165) is 27.5 Å². The van der Waals surface area contributed by atoms with Crippen molar-refractivity contribution >= 4 is 35.3 Å². The van der Waals surface area contributed by atoms with Gasteiger partial charge in [-0.25, -0.2) is 14.8 Å². The van der Waals surface area contributed by atoms with Crippen molar-refractivity contribution < 1.29 is 19.1 Å². The number of imidazole rings is 1. The Hall–Kier alpha value is -4.32. The van der Waals surface area contributed by atoms with Crippen LogP contribution in [-0.4, -0.2) is 54.6 Å². The molecule has 1 aliphatic rings. The van der Waals surface area contributed by atoms with Crippen molar-refractivity contribution in [3.63, 3.8) is 0 Å². The number of anilines is 1. The van der Waals surface area contributed by atoms with Gasteiger partial charge in [0, 0.05) is 38.0 Å². The first kappa shape index (κ1) is 27.3. The molecule has 0 saturated carbocycles. The zero-order chi connectivity index (χ0) is 28.1. The van der Waals surface area contributed by atoms with Crippen LogP contribution in [-0.2, 0) is 34.3 Å². The first-order valence-corrected chi connectivity index (χ1v) is 13.9. The summed E-state index contributed by atoms with van der Waals surface area (Å²) in [5.41, 5.74) is 4.05. The number of carbonyl (C=O) groups excluding carboxylic acids is 2. The lowest BCUT2D eigenvalue weighted by atomic mass is 10.1. The van der Waals surface area contributed by atoms with Crippen molar-refractivity contribution in [2.24, 2.45) is 13.0 Å². The summed E-state index contributed by atoms with van der Waals surface area (Å²) in [6.45, 7) is 4.67. The van der Waals surface area contributed by atoms with E-state index in [1.807, 2.05) is 67.2 Å². The topological polar surface area (TPSA) is 125 Å². The fourth-order valence-electron chi connectivity index (χ4n) is 4.36. The molecule has 1 aliphatic heterocycles. The Labute approximate surface area is 236 Å². The second-order valence-corrected chi connectivity index (χ2v) is 10.5. The van der Waals surface area contributed by atoms with Crippen LogP contribution < -0.4 is 10.6 Å². The number of nitrogens with one attached hydrogen (secondary N) is 2. The Balaban J connectivity index is 1.33. The summed E-state index contributed by atoms with van der Waals surface area (Å²) >= 11 is 1.42. The van der Waals surface area contributed by atoms with Crippen molar-refractivity contribution in [3.05, 3.63) is 77.5 Å². The average molecular weight is 562 g/mol. The number of carbonyl (C=O) groups is 2. The predicted molar refractivity (Wildman–Crippen MR) is 152 cm³/mol. The summed E-state index contributed by atoms with van der Waals surface area (Å²) in [5, 5.41) is 11.0. The van der Waals surface area contributed by atoms with Crippen molar-refractivity contribution in [1.29, 1.82) is 0 Å². The molecule has 40 heavy (non-hydrogen) atoms. The van der Waals surface area contributed by atoms with Crippen molar-refractivity contribution in [3.8, 4) is 11.3 Å². The maximum atomic E-state index is 12.4. The molecular formula is C28H31N7O4S. The third-order valence-corrected chi connectivity index (χ3v) is 7.68. The third-order valence-electron chi connectivity index (χ3n) is 6.31. The van der Waals surface area contributed by atoms with Gasteiger partial charge in [-0.15, -0.1) is 0 Å². The number of aryl methyl sites for hydroxylation is 1. The molecular weight excluding hydrogens is 530 g/mol. The molecule has 0 fully saturated rings. The van der Waals surface area contributed by atoms with Crippen LogP contribution in [0.1, 0.15) is 25.1 Å². The molecule has 4 aromatic rings. The van der Waals surface area contributed by atoms with Gasteiger partial charge in [0.15, 0.2) is 11.5 Å². The number of alkyl carbamates (subject to hydrolysis) is 1. The van der Waals surface area contributed by atoms with E-state index in [9.17, 15) is 9.59 Å². The highest BCUT2D eigenvalue weighted by Gasteiger charge is 2.33. The van der Waals surface area contributed by atoms with E-state index in [1.165, 1.54) is 11.8 Å². The zero-order valence-electron chi connectivity index (χ0n) is 22.5. The van der Waals surface area contributed by atoms with Gasteiger partial charge in [-0.1, -0.05) is 49.0 Å². The number of rotatable bonds is 10. The smallest absolute Gasteiger partial charge is 0.407 e. The Morgan fingerprint density at radius 3 is 2.70 bits per heavy atom. The van der Waals surface area contributed by atoms with Crippen LogP contribution in [0.15, 0.2) is 66.2 Å². The lowest BCUT2D eigenvalue weighted by Crippen LogP contribution is -2.26. The minimum Gasteiger partial charge on any atom is -0.465 e. The first-order valence-electron chi connectivity index (χ1n) is 13.0. The molecule has 2 N–H and O–H groups in total. The second-order valence-electron chi connectivity index (χ2n) is 9.36. The number of thioether (sulfide) groups is 1. The Morgan fingerprint density at radius 2 is 1.95 bits per heavy atom. The van der Waals surface area contributed by atoms with E-state index in [2.05, 4.69) is 20.7 Å². The molecule has 4 heterocycles. The second kappa shape index (κ2) is 12.2. The third kappa shape index (κ3) is 6.28. The summed E-state index contributed by atoms with van der Waals surface area (Å²) in [6.07, 6.45) is 9.36. The fourth-order valence-corrected chi connectivity index (χ4v) is 5.54. The quantitative estimate of drug-likeness (QED) is 0.275. The number of fused-ring (bicyclic) bond motifs is 1. The number of hydrogen-bond acceptors (Lipinski definition) is 9. The van der Waals surface area contributed by atoms with Gasteiger partial charge in [-0.2, -0.15) is 5.10 Å².